The van der Waals surface area contributed by atoms with Gasteiger partial charge in [0.1, 0.15) is 12.4 Å². The van der Waals surface area contributed by atoms with E-state index in [0.717, 1.165) is 60.7 Å². The van der Waals surface area contributed by atoms with Crippen LogP contribution in [0.15, 0.2) is 40.2 Å². The molecule has 1 saturated carbocycles. The van der Waals surface area contributed by atoms with Gasteiger partial charge in [0.05, 0.1) is 18.3 Å². The maximum Gasteiger partial charge on any atom is 0.411 e. The lowest BCUT2D eigenvalue weighted by Crippen LogP contribution is -2.58. The number of ether oxygens (including phenoxy) is 4. The van der Waals surface area contributed by atoms with Gasteiger partial charge in [0.2, 0.25) is 0 Å². The second-order valence-electron chi connectivity index (χ2n) is 15.6. The average molecular weight is 786 g/mol. The number of H-pyrrole nitrogens is 1. The van der Waals surface area contributed by atoms with Gasteiger partial charge < -0.3 is 34.1 Å². The number of morpholine rings is 1. The van der Waals surface area contributed by atoms with E-state index in [2.05, 4.69) is 33.9 Å². The van der Waals surface area contributed by atoms with Crippen molar-refractivity contribution in [1.82, 2.24) is 20.2 Å². The van der Waals surface area contributed by atoms with E-state index < -0.39 is 24.7 Å². The molecule has 3 atom stereocenters. The highest BCUT2D eigenvalue weighted by atomic mass is 32.2. The number of carbonyl (C=O) groups is 1. The Morgan fingerprint density at radius 3 is 2.38 bits per heavy atom. The monoisotopic (exact) mass is 785 g/mol. The van der Waals surface area contributed by atoms with Gasteiger partial charge in [0.25, 0.3) is 17.3 Å². The number of likely N-dealkylation sites (tertiary alicyclic amines) is 1. The Morgan fingerprint density at radius 2 is 1.75 bits per heavy atom. The number of anilines is 1. The van der Waals surface area contributed by atoms with Gasteiger partial charge >= 0.3 is 6.18 Å². The Labute approximate surface area is 323 Å². The van der Waals surface area contributed by atoms with E-state index in [4.69, 9.17) is 23.9 Å². The largest absolute Gasteiger partial charge is 0.448 e. The molecule has 2 aromatic heterocycles. The second kappa shape index (κ2) is 15.6. The summed E-state index contributed by atoms with van der Waals surface area (Å²) in [6.07, 6.45) is 2.45. The second-order valence-corrected chi connectivity index (χ2v) is 16.4. The van der Waals surface area contributed by atoms with Crippen LogP contribution in [0.3, 0.4) is 0 Å². The van der Waals surface area contributed by atoms with E-state index in [1.165, 1.54) is 11.8 Å². The van der Waals surface area contributed by atoms with Gasteiger partial charge in [0.15, 0.2) is 11.5 Å². The third-order valence-electron chi connectivity index (χ3n) is 11.3. The van der Waals surface area contributed by atoms with E-state index in [-0.39, 0.29) is 42.2 Å². The number of nitrogens with zero attached hydrogens (tertiary/aromatic N) is 3. The summed E-state index contributed by atoms with van der Waals surface area (Å²) in [6.45, 7) is 11.0. The van der Waals surface area contributed by atoms with Gasteiger partial charge in [-0.1, -0.05) is 0 Å². The molecular weight excluding hydrogens is 736 g/mol. The van der Waals surface area contributed by atoms with Crippen molar-refractivity contribution >= 4 is 23.5 Å². The molecule has 1 aliphatic carbocycles. The first-order valence-corrected chi connectivity index (χ1v) is 20.2. The summed E-state index contributed by atoms with van der Waals surface area (Å²) >= 11 is 1.45. The van der Waals surface area contributed by atoms with Crippen LogP contribution in [0.5, 0.6) is 11.5 Å². The van der Waals surface area contributed by atoms with Gasteiger partial charge in [-0.2, -0.15) is 13.2 Å². The fourth-order valence-electron chi connectivity index (χ4n) is 8.45. The van der Waals surface area contributed by atoms with Gasteiger partial charge in [-0.15, -0.1) is 11.8 Å². The van der Waals surface area contributed by atoms with Gasteiger partial charge in [-0.3, -0.25) is 14.5 Å². The van der Waals surface area contributed by atoms with E-state index >= 15 is 0 Å². The SMILES string of the molecule is CSc1cc(C)[nH]c(=O)c1CNC(=O)c1cc(-c2ccc(N3C[C@@H](C)O[C@@H](C)C3)nc2)c2c(c1C)OC(C)(C1CCC(N3CC(OCC(F)(F)F)C3)CC1)O2. The Bertz CT molecular complexity index is 1940. The normalized spacial score (nSPS) is 25.9. The number of benzene rings is 1. The third-order valence-corrected chi connectivity index (χ3v) is 12.1. The van der Waals surface area contributed by atoms with E-state index in [9.17, 15) is 22.8 Å². The molecule has 11 nitrogen and oxygen atoms in total. The summed E-state index contributed by atoms with van der Waals surface area (Å²) in [7, 11) is 0. The molecular formula is C40H50F3N5O6S. The number of aromatic nitrogens is 2. The number of aromatic amines is 1. The number of hydrogen-bond acceptors (Lipinski definition) is 10. The van der Waals surface area contributed by atoms with Crippen molar-refractivity contribution in [3.63, 3.8) is 0 Å². The first-order valence-electron chi connectivity index (χ1n) is 19.0. The zero-order chi connectivity index (χ0) is 39.2. The minimum absolute atomic E-state index is 0.0308. The molecule has 1 aromatic carbocycles. The molecule has 4 aliphatic rings. The molecule has 3 fully saturated rings. The summed E-state index contributed by atoms with van der Waals surface area (Å²) in [6, 6.07) is 7.94. The third kappa shape index (κ3) is 8.49. The lowest BCUT2D eigenvalue weighted by Gasteiger charge is -2.47. The predicted molar refractivity (Wildman–Crippen MR) is 204 cm³/mol. The first kappa shape index (κ1) is 39.4. The van der Waals surface area contributed by atoms with Gasteiger partial charge in [0, 0.05) is 96.2 Å². The smallest absolute Gasteiger partial charge is 0.411 e. The molecule has 1 unspecified atom stereocenters. The van der Waals surface area contributed by atoms with Crippen molar-refractivity contribution < 1.29 is 36.9 Å². The van der Waals surface area contributed by atoms with Crippen molar-refractivity contribution in [2.45, 2.75) is 108 Å². The maximum absolute atomic E-state index is 14.0. The fraction of sp³-hybridized carbons (Fsp3) is 0.575. The number of nitrogens with one attached hydrogen (secondary N) is 2. The standard InChI is InChI=1S/C40H50F3N5O6S/c1-22-13-33(55-6)32(38(50)46-22)16-45-37(49)30-14-31(26-7-12-34(44-15-26)48-17-23(2)52-24(3)18-48)36-35(25(30)4)53-39(5,54-36)27-8-10-28(11-9-27)47-19-29(20-47)51-21-40(41,42)43/h7,12-15,23-24,27-29H,8-11,16-21H2,1-6H3,(H,45,49)(H,46,50)/t23-,24+,27?,28?,39?. The van der Waals surface area contributed by atoms with Crippen molar-refractivity contribution in [1.29, 1.82) is 0 Å². The van der Waals surface area contributed by atoms with Crippen LogP contribution in [0.25, 0.3) is 11.1 Å². The zero-order valence-electron chi connectivity index (χ0n) is 32.2. The predicted octanol–water partition coefficient (Wildman–Crippen LogP) is 6.63. The van der Waals surface area contributed by atoms with Crippen LogP contribution in [0.2, 0.25) is 0 Å². The molecule has 0 bridgehead atoms. The molecule has 15 heteroatoms. The molecule has 5 heterocycles. The molecule has 1 amide bonds. The number of carbonyl (C=O) groups excluding carboxylic acids is 1. The minimum atomic E-state index is -4.32. The molecule has 55 heavy (non-hydrogen) atoms. The highest BCUT2D eigenvalue weighted by Gasteiger charge is 2.49. The Balaban J connectivity index is 1.12. The molecule has 3 aliphatic heterocycles. The molecule has 0 radical (unpaired) electrons. The number of fused-ring (bicyclic) bond motifs is 1. The number of thioether (sulfide) groups is 1. The number of alkyl halides is 3. The zero-order valence-corrected chi connectivity index (χ0v) is 33.0. The lowest BCUT2D eigenvalue weighted by molar-refractivity contribution is -0.203. The summed E-state index contributed by atoms with van der Waals surface area (Å²) in [5, 5.41) is 2.98. The highest BCUT2D eigenvalue weighted by molar-refractivity contribution is 7.98. The minimum Gasteiger partial charge on any atom is -0.448 e. The number of pyridine rings is 2. The molecule has 3 aromatic rings. The number of rotatable bonds is 10. The van der Waals surface area contributed by atoms with Crippen molar-refractivity contribution in [3.05, 3.63) is 63.2 Å². The molecule has 0 spiro atoms. The van der Waals surface area contributed by atoms with E-state index in [0.29, 0.717) is 46.8 Å². The summed E-state index contributed by atoms with van der Waals surface area (Å²) in [4.78, 5) is 39.8. The van der Waals surface area contributed by atoms with Crippen LogP contribution < -0.4 is 25.2 Å². The van der Waals surface area contributed by atoms with Gasteiger partial charge in [-0.25, -0.2) is 4.98 Å². The fourth-order valence-corrected chi connectivity index (χ4v) is 9.15. The maximum atomic E-state index is 14.0. The van der Waals surface area contributed by atoms with Gasteiger partial charge in [-0.05, 0) is 83.9 Å². The Morgan fingerprint density at radius 1 is 1.05 bits per heavy atom. The molecule has 2 saturated heterocycles. The Kier molecular flexibility index (Phi) is 11.2. The number of hydrogen-bond donors (Lipinski definition) is 2. The van der Waals surface area contributed by atoms with Crippen LogP contribution in [0.4, 0.5) is 19.0 Å². The van der Waals surface area contributed by atoms with Crippen LogP contribution in [-0.4, -0.2) is 96.1 Å². The molecule has 7 rings (SSSR count). The Hall–Kier alpha value is -3.79. The van der Waals surface area contributed by atoms with Crippen LogP contribution in [0.1, 0.15) is 73.6 Å². The van der Waals surface area contributed by atoms with E-state index in [1.54, 1.807) is 6.20 Å². The quantitative estimate of drug-likeness (QED) is 0.217. The molecule has 298 valence electrons. The van der Waals surface area contributed by atoms with Crippen LogP contribution >= 0.6 is 11.8 Å². The topological polar surface area (TPSA) is 118 Å². The van der Waals surface area contributed by atoms with Crippen LogP contribution in [-0.2, 0) is 16.0 Å². The number of halogens is 3. The van der Waals surface area contributed by atoms with E-state index in [1.807, 2.05) is 51.3 Å². The first-order chi connectivity index (χ1) is 26.1. The van der Waals surface area contributed by atoms with Crippen molar-refractivity contribution in [2.24, 2.45) is 5.92 Å². The highest BCUT2D eigenvalue weighted by Crippen LogP contribution is 2.53. The summed E-state index contributed by atoms with van der Waals surface area (Å²) in [5.41, 5.74) is 3.47. The number of amides is 1. The van der Waals surface area contributed by atoms with Crippen molar-refractivity contribution in [2.75, 3.05) is 43.9 Å². The lowest BCUT2D eigenvalue weighted by atomic mass is 9.80. The van der Waals surface area contributed by atoms with Crippen LogP contribution in [0, 0.1) is 19.8 Å². The number of aryl methyl sites for hydroxylation is 1. The summed E-state index contributed by atoms with van der Waals surface area (Å²) < 4.78 is 62.4. The van der Waals surface area contributed by atoms with Crippen molar-refractivity contribution in [3.8, 4) is 22.6 Å². The summed E-state index contributed by atoms with van der Waals surface area (Å²) in [5.74, 6) is 0.555. The molecule has 2 N–H and O–H groups in total. The average Bonchev–Trinajstić information content (AvgIpc) is 3.49.